The molecular formula is C20H30F3N5O. The van der Waals surface area contributed by atoms with Crippen molar-refractivity contribution in [2.45, 2.75) is 32.1 Å². The third-order valence-corrected chi connectivity index (χ3v) is 5.16. The van der Waals surface area contributed by atoms with Crippen LogP contribution in [0, 0.1) is 0 Å². The number of amides is 1. The number of carbonyl (C=O) groups is 1. The van der Waals surface area contributed by atoms with Crippen molar-refractivity contribution in [1.82, 2.24) is 20.0 Å². The van der Waals surface area contributed by atoms with E-state index in [0.29, 0.717) is 51.6 Å². The van der Waals surface area contributed by atoms with Crippen LogP contribution in [0.5, 0.6) is 0 Å². The Hall–Kier alpha value is -2.29. The van der Waals surface area contributed by atoms with Gasteiger partial charge in [-0.25, -0.2) is 0 Å². The van der Waals surface area contributed by atoms with Gasteiger partial charge in [-0.3, -0.25) is 14.7 Å². The molecule has 1 aliphatic heterocycles. The Morgan fingerprint density at radius 2 is 1.83 bits per heavy atom. The van der Waals surface area contributed by atoms with Crippen LogP contribution in [0.25, 0.3) is 0 Å². The molecule has 1 aromatic rings. The molecule has 0 saturated carbocycles. The summed E-state index contributed by atoms with van der Waals surface area (Å²) in [4.78, 5) is 21.6. The van der Waals surface area contributed by atoms with Gasteiger partial charge in [-0.05, 0) is 12.5 Å². The maximum absolute atomic E-state index is 12.9. The molecular weight excluding hydrogens is 383 g/mol. The Labute approximate surface area is 170 Å². The average Bonchev–Trinajstić information content (AvgIpc) is 2.70. The van der Waals surface area contributed by atoms with Crippen molar-refractivity contribution in [3.8, 4) is 0 Å². The maximum Gasteiger partial charge on any atom is 0.403 e. The summed E-state index contributed by atoms with van der Waals surface area (Å²) in [6.45, 7) is 3.72. The van der Waals surface area contributed by atoms with Crippen molar-refractivity contribution in [1.29, 1.82) is 0 Å². The normalized spacial score (nSPS) is 17.2. The highest BCUT2D eigenvalue weighted by Crippen LogP contribution is 2.25. The Morgan fingerprint density at radius 3 is 2.38 bits per heavy atom. The molecule has 1 N–H and O–H groups in total. The molecule has 6 nitrogen and oxygen atoms in total. The fourth-order valence-corrected chi connectivity index (χ4v) is 3.28. The number of aliphatic imine (C=N–C) groups is 1. The molecule has 0 aromatic heterocycles. The summed E-state index contributed by atoms with van der Waals surface area (Å²) in [7, 11) is 3.40. The Bertz CT molecular complexity index is 672. The van der Waals surface area contributed by atoms with E-state index in [1.54, 1.807) is 19.0 Å². The zero-order valence-corrected chi connectivity index (χ0v) is 17.2. The lowest BCUT2D eigenvalue weighted by Crippen LogP contribution is -2.56. The Morgan fingerprint density at radius 1 is 1.21 bits per heavy atom. The van der Waals surface area contributed by atoms with Crippen molar-refractivity contribution < 1.29 is 18.0 Å². The van der Waals surface area contributed by atoms with Crippen molar-refractivity contribution in [2.75, 3.05) is 46.8 Å². The number of piperazine rings is 1. The van der Waals surface area contributed by atoms with E-state index >= 15 is 0 Å². The molecule has 9 heteroatoms. The topological polar surface area (TPSA) is 51.2 Å². The van der Waals surface area contributed by atoms with E-state index in [1.807, 2.05) is 35.2 Å². The first-order valence-electron chi connectivity index (χ1n) is 9.76. The Kier molecular flexibility index (Phi) is 8.31. The summed E-state index contributed by atoms with van der Waals surface area (Å²) in [5, 5.41) is 3.15. The molecule has 1 heterocycles. The summed E-state index contributed by atoms with van der Waals surface area (Å²) in [5.41, 5.74) is 1.07. The molecule has 1 atom stereocenters. The van der Waals surface area contributed by atoms with Gasteiger partial charge in [0.05, 0.1) is 0 Å². The predicted octanol–water partition coefficient (Wildman–Crippen LogP) is 2.18. The van der Waals surface area contributed by atoms with E-state index in [1.165, 1.54) is 11.8 Å². The molecule has 0 radical (unpaired) electrons. The number of hydrogen-bond acceptors (Lipinski definition) is 3. The zero-order valence-electron chi connectivity index (χ0n) is 17.2. The van der Waals surface area contributed by atoms with Crippen LogP contribution in [0.4, 0.5) is 13.2 Å². The lowest BCUT2D eigenvalue weighted by molar-refractivity contribution is -0.181. The summed E-state index contributed by atoms with van der Waals surface area (Å²) < 4.78 is 38.6. The fourth-order valence-electron chi connectivity index (χ4n) is 3.28. The third kappa shape index (κ3) is 6.92. The third-order valence-electron chi connectivity index (χ3n) is 5.16. The largest absolute Gasteiger partial charge is 0.403 e. The van der Waals surface area contributed by atoms with Gasteiger partial charge in [0, 0.05) is 59.8 Å². The molecule has 0 aliphatic carbocycles. The number of nitrogens with one attached hydrogen (secondary N) is 1. The van der Waals surface area contributed by atoms with Gasteiger partial charge in [0.25, 0.3) is 0 Å². The molecule has 1 aromatic carbocycles. The maximum atomic E-state index is 12.9. The van der Waals surface area contributed by atoms with Crippen LogP contribution in [-0.2, 0) is 11.3 Å². The van der Waals surface area contributed by atoms with E-state index in [9.17, 15) is 18.0 Å². The minimum atomic E-state index is -4.21. The van der Waals surface area contributed by atoms with Gasteiger partial charge in [0.1, 0.15) is 6.04 Å². The van der Waals surface area contributed by atoms with Crippen LogP contribution in [0.1, 0.15) is 18.9 Å². The van der Waals surface area contributed by atoms with E-state index in [2.05, 4.69) is 10.3 Å². The van der Waals surface area contributed by atoms with Gasteiger partial charge in [0.15, 0.2) is 5.96 Å². The number of halogens is 3. The van der Waals surface area contributed by atoms with Gasteiger partial charge < -0.3 is 15.1 Å². The molecule has 29 heavy (non-hydrogen) atoms. The van der Waals surface area contributed by atoms with Crippen LogP contribution in [0.2, 0.25) is 0 Å². The van der Waals surface area contributed by atoms with Crippen LogP contribution in [0.15, 0.2) is 35.3 Å². The van der Waals surface area contributed by atoms with Crippen LogP contribution < -0.4 is 5.32 Å². The summed E-state index contributed by atoms with van der Waals surface area (Å²) >= 11 is 0. The van der Waals surface area contributed by atoms with Crippen LogP contribution in [-0.4, -0.2) is 85.6 Å². The van der Waals surface area contributed by atoms with E-state index < -0.39 is 12.2 Å². The molecule has 162 valence electrons. The highest BCUT2D eigenvalue weighted by atomic mass is 19.4. The van der Waals surface area contributed by atoms with Gasteiger partial charge in [0.2, 0.25) is 5.91 Å². The van der Waals surface area contributed by atoms with Crippen molar-refractivity contribution in [3.63, 3.8) is 0 Å². The number of benzene rings is 1. The first-order chi connectivity index (χ1) is 13.7. The van der Waals surface area contributed by atoms with Gasteiger partial charge >= 0.3 is 6.18 Å². The van der Waals surface area contributed by atoms with Crippen molar-refractivity contribution in [2.24, 2.45) is 4.99 Å². The number of nitrogens with zero attached hydrogens (tertiary/aromatic N) is 4. The lowest BCUT2D eigenvalue weighted by Gasteiger charge is -2.39. The lowest BCUT2D eigenvalue weighted by atomic mass is 10.2. The van der Waals surface area contributed by atoms with Crippen LogP contribution >= 0.6 is 0 Å². The molecule has 1 unspecified atom stereocenters. The minimum Gasteiger partial charge on any atom is -0.356 e. The zero-order chi connectivity index (χ0) is 21.4. The number of hydrogen-bond donors (Lipinski definition) is 1. The second-order valence-corrected chi connectivity index (χ2v) is 7.20. The molecule has 1 fully saturated rings. The number of rotatable bonds is 6. The van der Waals surface area contributed by atoms with Gasteiger partial charge in [-0.2, -0.15) is 13.2 Å². The highest BCUT2D eigenvalue weighted by Gasteiger charge is 2.41. The minimum absolute atomic E-state index is 0.0145. The molecule has 2 rings (SSSR count). The molecule has 1 amide bonds. The summed E-state index contributed by atoms with van der Waals surface area (Å²) in [6.07, 6.45) is -3.90. The first kappa shape index (κ1) is 23.0. The average molecular weight is 413 g/mol. The van der Waals surface area contributed by atoms with Crippen molar-refractivity contribution >= 4 is 11.9 Å². The monoisotopic (exact) mass is 413 g/mol. The van der Waals surface area contributed by atoms with Crippen LogP contribution in [0.3, 0.4) is 0 Å². The SMILES string of the molecule is CN=C(NCCC(=O)N(C)Cc1ccccc1)N1CCN(C(C)C(F)(F)F)CC1. The van der Waals surface area contributed by atoms with E-state index in [-0.39, 0.29) is 5.91 Å². The summed E-state index contributed by atoms with van der Waals surface area (Å²) in [5.74, 6) is 0.628. The molecule has 0 spiro atoms. The predicted molar refractivity (Wildman–Crippen MR) is 108 cm³/mol. The number of carbonyl (C=O) groups excluding carboxylic acids is 1. The molecule has 0 bridgehead atoms. The van der Waals surface area contributed by atoms with Gasteiger partial charge in [-0.1, -0.05) is 30.3 Å². The smallest absolute Gasteiger partial charge is 0.356 e. The fraction of sp³-hybridized carbons (Fsp3) is 0.600. The standard InChI is InChI=1S/C20H30F3N5O/c1-16(20(21,22)23)27-11-13-28(14-12-27)19(24-2)25-10-9-18(29)26(3)15-17-7-5-4-6-8-17/h4-8,16H,9-15H2,1-3H3,(H,24,25). The Balaban J connectivity index is 1.74. The van der Waals surface area contributed by atoms with Crippen molar-refractivity contribution in [3.05, 3.63) is 35.9 Å². The van der Waals surface area contributed by atoms with E-state index in [0.717, 1.165) is 5.56 Å². The first-order valence-corrected chi connectivity index (χ1v) is 9.76. The quantitative estimate of drug-likeness (QED) is 0.574. The second-order valence-electron chi connectivity index (χ2n) is 7.20. The van der Waals surface area contributed by atoms with E-state index in [4.69, 9.17) is 0 Å². The molecule has 1 saturated heterocycles. The summed E-state index contributed by atoms with van der Waals surface area (Å²) in [6, 6.07) is 8.32. The number of guanidine groups is 1. The van der Waals surface area contributed by atoms with Gasteiger partial charge in [-0.15, -0.1) is 0 Å². The molecule has 1 aliphatic rings. The second kappa shape index (κ2) is 10.5. The number of alkyl halides is 3. The highest BCUT2D eigenvalue weighted by molar-refractivity contribution is 5.81.